The Hall–Kier alpha value is -1.51. The molecule has 4 nitrogen and oxygen atoms in total. The summed E-state index contributed by atoms with van der Waals surface area (Å²) in [7, 11) is -3.58. The molecule has 168 valence electrons. The number of sulfone groups is 1. The maximum absolute atomic E-state index is 13.0. The molecule has 2 aromatic rings. The number of hydrogen-bond acceptors (Lipinski definition) is 6. The van der Waals surface area contributed by atoms with Gasteiger partial charge in [0.15, 0.2) is 0 Å². The molecule has 0 saturated carbocycles. The zero-order chi connectivity index (χ0) is 23.0. The third kappa shape index (κ3) is 8.50. The molecule has 7 heteroatoms. The largest absolute Gasteiger partial charge is 0.363 e. The van der Waals surface area contributed by atoms with Gasteiger partial charge in [0.1, 0.15) is 10.9 Å². The first-order valence-electron chi connectivity index (χ1n) is 9.88. The second kappa shape index (κ2) is 11.9. The first-order chi connectivity index (χ1) is 14.6. The quantitative estimate of drug-likeness (QED) is 0.195. The van der Waals surface area contributed by atoms with Gasteiger partial charge in [-0.15, -0.1) is 0 Å². The van der Waals surface area contributed by atoms with Gasteiger partial charge in [0.05, 0.1) is 23.0 Å². The molecule has 0 saturated heterocycles. The van der Waals surface area contributed by atoms with E-state index >= 15 is 0 Å². The Kier molecular flexibility index (Phi) is 9.90. The van der Waals surface area contributed by atoms with Gasteiger partial charge in [0, 0.05) is 9.79 Å². The van der Waals surface area contributed by atoms with E-state index in [1.807, 2.05) is 52.0 Å². The van der Waals surface area contributed by atoms with E-state index < -0.39 is 9.84 Å². The molecule has 0 fully saturated rings. The van der Waals surface area contributed by atoms with Gasteiger partial charge >= 0.3 is 0 Å². The highest BCUT2D eigenvalue weighted by Gasteiger charge is 2.18. The van der Waals surface area contributed by atoms with E-state index in [2.05, 4.69) is 13.2 Å². The van der Waals surface area contributed by atoms with Crippen LogP contribution in [0.3, 0.4) is 0 Å². The monoisotopic (exact) mass is 478 g/mol. The van der Waals surface area contributed by atoms with E-state index in [0.29, 0.717) is 13.2 Å². The highest BCUT2D eigenvalue weighted by atomic mass is 32.2. The normalized spacial score (nSPS) is 13.5. The second-order valence-electron chi connectivity index (χ2n) is 7.35. The molecule has 2 unspecified atom stereocenters. The van der Waals surface area contributed by atoms with Gasteiger partial charge in [-0.1, -0.05) is 47.8 Å². The Morgan fingerprint density at radius 2 is 1.10 bits per heavy atom. The zero-order valence-electron chi connectivity index (χ0n) is 18.5. The van der Waals surface area contributed by atoms with Crippen LogP contribution in [-0.2, 0) is 19.3 Å². The number of hydrogen-bond donors (Lipinski definition) is 0. The summed E-state index contributed by atoms with van der Waals surface area (Å²) in [5.41, 5.74) is 1.83. The Labute approximate surface area is 195 Å². The Bertz CT molecular complexity index is 905. The SMILES string of the molecule is C=C(C)COC(C)Sc1ccc(S(=O)(=O)c2ccc(SC(C)OCC(=C)C)cc2)cc1. The van der Waals surface area contributed by atoms with Gasteiger partial charge in [0.25, 0.3) is 0 Å². The third-order valence-electron chi connectivity index (χ3n) is 4.00. The van der Waals surface area contributed by atoms with Crippen LogP contribution in [0.25, 0.3) is 0 Å². The molecule has 0 aromatic heterocycles. The van der Waals surface area contributed by atoms with Gasteiger partial charge in [-0.05, 0) is 76.2 Å². The minimum Gasteiger partial charge on any atom is -0.363 e. The molecule has 0 spiro atoms. The molecule has 0 aliphatic heterocycles. The van der Waals surface area contributed by atoms with Gasteiger partial charge in [-0.25, -0.2) is 8.42 Å². The minimum absolute atomic E-state index is 0.0500. The molecular weight excluding hydrogens is 448 g/mol. The Morgan fingerprint density at radius 1 is 0.774 bits per heavy atom. The zero-order valence-corrected chi connectivity index (χ0v) is 20.9. The Balaban J connectivity index is 2.02. The summed E-state index contributed by atoms with van der Waals surface area (Å²) < 4.78 is 37.3. The van der Waals surface area contributed by atoms with Crippen LogP contribution in [0.2, 0.25) is 0 Å². The van der Waals surface area contributed by atoms with Crippen LogP contribution in [0.15, 0.2) is 92.4 Å². The van der Waals surface area contributed by atoms with Crippen LogP contribution in [0, 0.1) is 0 Å². The summed E-state index contributed by atoms with van der Waals surface area (Å²) in [6, 6.07) is 13.8. The van der Waals surface area contributed by atoms with Crippen LogP contribution >= 0.6 is 23.5 Å². The molecule has 0 N–H and O–H groups in total. The molecule has 0 aliphatic carbocycles. The van der Waals surface area contributed by atoms with Crippen molar-refractivity contribution in [1.29, 1.82) is 0 Å². The fourth-order valence-electron chi connectivity index (χ4n) is 2.50. The van der Waals surface area contributed by atoms with Crippen LogP contribution in [0.4, 0.5) is 0 Å². The van der Waals surface area contributed by atoms with Gasteiger partial charge < -0.3 is 9.47 Å². The second-order valence-corrected chi connectivity index (χ2v) is 12.0. The number of thioether (sulfide) groups is 2. The maximum atomic E-state index is 13.0. The fraction of sp³-hybridized carbons (Fsp3) is 0.333. The molecule has 0 aliphatic rings. The van der Waals surface area contributed by atoms with Crippen LogP contribution in [-0.4, -0.2) is 32.5 Å². The lowest BCUT2D eigenvalue weighted by Gasteiger charge is -2.14. The first kappa shape index (κ1) is 25.7. The highest BCUT2D eigenvalue weighted by molar-refractivity contribution is 8.00. The topological polar surface area (TPSA) is 52.6 Å². The van der Waals surface area contributed by atoms with Crippen molar-refractivity contribution in [3.8, 4) is 0 Å². The van der Waals surface area contributed by atoms with E-state index in [-0.39, 0.29) is 20.7 Å². The first-order valence-corrected chi connectivity index (χ1v) is 13.1. The van der Waals surface area contributed by atoms with Crippen molar-refractivity contribution in [2.75, 3.05) is 13.2 Å². The highest BCUT2D eigenvalue weighted by Crippen LogP contribution is 2.30. The molecule has 2 aromatic carbocycles. The predicted molar refractivity (Wildman–Crippen MR) is 131 cm³/mol. The van der Waals surface area contributed by atoms with Crippen molar-refractivity contribution in [3.05, 3.63) is 72.8 Å². The summed E-state index contributed by atoms with van der Waals surface area (Å²) in [6.45, 7) is 16.4. The summed E-state index contributed by atoms with van der Waals surface area (Å²) in [5.74, 6) is 0. The lowest BCUT2D eigenvalue weighted by molar-refractivity contribution is 0.146. The predicted octanol–water partition coefficient (Wildman–Crippen LogP) is 6.58. The minimum atomic E-state index is -3.58. The van der Waals surface area contributed by atoms with E-state index in [4.69, 9.17) is 9.47 Å². The molecule has 0 heterocycles. The number of benzene rings is 2. The van der Waals surface area contributed by atoms with E-state index in [0.717, 1.165) is 20.9 Å². The van der Waals surface area contributed by atoms with Gasteiger partial charge in [-0.2, -0.15) is 0 Å². The van der Waals surface area contributed by atoms with Gasteiger partial charge in [0.2, 0.25) is 9.84 Å². The van der Waals surface area contributed by atoms with Crippen molar-refractivity contribution in [1.82, 2.24) is 0 Å². The smallest absolute Gasteiger partial charge is 0.206 e. The van der Waals surface area contributed by atoms with E-state index in [9.17, 15) is 8.42 Å². The average Bonchev–Trinajstić information content (AvgIpc) is 2.71. The third-order valence-corrected chi connectivity index (χ3v) is 7.81. The average molecular weight is 479 g/mol. The number of ether oxygens (including phenoxy) is 2. The van der Waals surface area contributed by atoms with Crippen molar-refractivity contribution in [2.45, 2.75) is 58.1 Å². The molecule has 2 rings (SSSR count). The molecule has 0 bridgehead atoms. The maximum Gasteiger partial charge on any atom is 0.206 e. The standard InChI is InChI=1S/C24H30O4S3/c1-17(2)15-27-19(5)29-21-7-11-23(12-8-21)31(25,26)24-13-9-22(10-14-24)30-20(6)28-16-18(3)4/h7-14,19-20H,1,3,15-16H2,2,4-6H3. The summed E-state index contributed by atoms with van der Waals surface area (Å²) in [5, 5.41) is 0. The van der Waals surface area contributed by atoms with Crippen LogP contribution in [0.1, 0.15) is 27.7 Å². The van der Waals surface area contributed by atoms with Gasteiger partial charge in [-0.3, -0.25) is 0 Å². The summed E-state index contributed by atoms with van der Waals surface area (Å²) >= 11 is 3.07. The molecule has 31 heavy (non-hydrogen) atoms. The summed E-state index contributed by atoms with van der Waals surface area (Å²) in [4.78, 5) is 2.43. The van der Waals surface area contributed by atoms with Crippen molar-refractivity contribution >= 4 is 33.4 Å². The van der Waals surface area contributed by atoms with Crippen molar-refractivity contribution in [3.63, 3.8) is 0 Å². The molecule has 0 radical (unpaired) electrons. The molecule has 0 amide bonds. The van der Waals surface area contributed by atoms with Crippen molar-refractivity contribution in [2.24, 2.45) is 0 Å². The lowest BCUT2D eigenvalue weighted by atomic mass is 10.4. The lowest BCUT2D eigenvalue weighted by Crippen LogP contribution is -2.06. The molecule has 2 atom stereocenters. The van der Waals surface area contributed by atoms with Crippen molar-refractivity contribution < 1.29 is 17.9 Å². The summed E-state index contributed by atoms with van der Waals surface area (Å²) in [6.07, 6.45) is 0. The van der Waals surface area contributed by atoms with Crippen LogP contribution in [0.5, 0.6) is 0 Å². The van der Waals surface area contributed by atoms with E-state index in [1.54, 1.807) is 24.3 Å². The number of rotatable bonds is 12. The molecular formula is C24H30O4S3. The van der Waals surface area contributed by atoms with E-state index in [1.165, 1.54) is 23.5 Å². The Morgan fingerprint density at radius 3 is 1.39 bits per heavy atom. The fourth-order valence-corrected chi connectivity index (χ4v) is 5.39. The van der Waals surface area contributed by atoms with Crippen LogP contribution < -0.4 is 0 Å².